The summed E-state index contributed by atoms with van der Waals surface area (Å²) in [7, 11) is 1.58. The van der Waals surface area contributed by atoms with E-state index < -0.39 is 17.7 Å². The number of rotatable bonds is 4. The number of urea groups is 1. The van der Waals surface area contributed by atoms with E-state index in [1.165, 1.54) is 11.1 Å². The first-order valence-corrected chi connectivity index (χ1v) is 8.50. The molecule has 0 unspecified atom stereocenters. The summed E-state index contributed by atoms with van der Waals surface area (Å²) < 4.78 is 31.7. The van der Waals surface area contributed by atoms with Crippen molar-refractivity contribution in [1.29, 1.82) is 0 Å². The predicted octanol–water partition coefficient (Wildman–Crippen LogP) is 5.54. The van der Waals surface area contributed by atoms with Gasteiger partial charge in [0.15, 0.2) is 5.13 Å². The molecule has 2 aromatic carbocycles. The van der Waals surface area contributed by atoms with Crippen molar-refractivity contribution in [1.82, 2.24) is 4.98 Å². The van der Waals surface area contributed by atoms with Gasteiger partial charge in [0.2, 0.25) is 5.06 Å². The van der Waals surface area contributed by atoms with Crippen LogP contribution in [0.1, 0.15) is 0 Å². The SMILES string of the molecule is CN(C(=O)Nc1ncc(Oc2cc(F)cc(F)c2)s1)c1cccc(Cl)c1. The van der Waals surface area contributed by atoms with Gasteiger partial charge in [-0.2, -0.15) is 0 Å². The molecular formula is C17H12ClF2N3O2S. The van der Waals surface area contributed by atoms with Gasteiger partial charge in [-0.15, -0.1) is 0 Å². The van der Waals surface area contributed by atoms with Crippen molar-refractivity contribution in [2.24, 2.45) is 0 Å². The first-order valence-electron chi connectivity index (χ1n) is 7.31. The Balaban J connectivity index is 1.67. The number of thiazole rings is 1. The van der Waals surface area contributed by atoms with Gasteiger partial charge in [0.1, 0.15) is 17.4 Å². The van der Waals surface area contributed by atoms with Crippen molar-refractivity contribution < 1.29 is 18.3 Å². The van der Waals surface area contributed by atoms with Crippen LogP contribution in [-0.2, 0) is 0 Å². The Labute approximate surface area is 156 Å². The minimum atomic E-state index is -0.749. The molecule has 0 radical (unpaired) electrons. The fourth-order valence-electron chi connectivity index (χ4n) is 2.05. The lowest BCUT2D eigenvalue weighted by atomic mass is 10.3. The van der Waals surface area contributed by atoms with Gasteiger partial charge in [0.25, 0.3) is 0 Å². The van der Waals surface area contributed by atoms with Crippen molar-refractivity contribution in [2.45, 2.75) is 0 Å². The van der Waals surface area contributed by atoms with Crippen LogP contribution in [0.4, 0.5) is 24.4 Å². The number of aromatic nitrogens is 1. The minimum absolute atomic E-state index is 0.0000667. The second-order valence-electron chi connectivity index (χ2n) is 5.16. The highest BCUT2D eigenvalue weighted by Crippen LogP contribution is 2.31. The minimum Gasteiger partial charge on any atom is -0.445 e. The number of benzene rings is 2. The average Bonchev–Trinajstić information content (AvgIpc) is 3.00. The maximum atomic E-state index is 13.2. The van der Waals surface area contributed by atoms with Crippen LogP contribution in [0.5, 0.6) is 10.8 Å². The van der Waals surface area contributed by atoms with E-state index in [2.05, 4.69) is 10.3 Å². The molecule has 1 heterocycles. The topological polar surface area (TPSA) is 54.5 Å². The zero-order chi connectivity index (χ0) is 18.7. The van der Waals surface area contributed by atoms with E-state index in [0.717, 1.165) is 29.5 Å². The van der Waals surface area contributed by atoms with E-state index in [0.29, 0.717) is 10.7 Å². The third kappa shape index (κ3) is 4.47. The smallest absolute Gasteiger partial charge is 0.327 e. The molecule has 134 valence electrons. The Bertz CT molecular complexity index is 931. The number of carbonyl (C=O) groups is 1. The van der Waals surface area contributed by atoms with Crippen LogP contribution < -0.4 is 15.0 Å². The lowest BCUT2D eigenvalue weighted by molar-refractivity contribution is 0.258. The predicted molar refractivity (Wildman–Crippen MR) is 97.4 cm³/mol. The molecular weight excluding hydrogens is 384 g/mol. The van der Waals surface area contributed by atoms with Crippen LogP contribution in [0, 0.1) is 11.6 Å². The molecule has 0 aliphatic heterocycles. The molecule has 0 bridgehead atoms. The lowest BCUT2D eigenvalue weighted by Gasteiger charge is -2.17. The molecule has 26 heavy (non-hydrogen) atoms. The van der Waals surface area contributed by atoms with Gasteiger partial charge in [-0.1, -0.05) is 29.0 Å². The van der Waals surface area contributed by atoms with Crippen molar-refractivity contribution in [3.8, 4) is 10.8 Å². The number of hydrogen-bond donors (Lipinski definition) is 1. The summed E-state index contributed by atoms with van der Waals surface area (Å²) in [4.78, 5) is 17.7. The summed E-state index contributed by atoms with van der Waals surface area (Å²) in [6.07, 6.45) is 1.35. The summed E-state index contributed by atoms with van der Waals surface area (Å²) in [5, 5.41) is 3.67. The third-order valence-electron chi connectivity index (χ3n) is 3.25. The number of ether oxygens (including phenoxy) is 1. The molecule has 0 aliphatic rings. The Kier molecular flexibility index (Phi) is 5.34. The van der Waals surface area contributed by atoms with Gasteiger partial charge in [-0.25, -0.2) is 18.6 Å². The summed E-state index contributed by atoms with van der Waals surface area (Å²) in [6, 6.07) is 9.24. The molecule has 0 saturated carbocycles. The number of amides is 2. The molecule has 0 aliphatic carbocycles. The fraction of sp³-hybridized carbons (Fsp3) is 0.0588. The Morgan fingerprint density at radius 3 is 2.65 bits per heavy atom. The molecule has 3 rings (SSSR count). The molecule has 3 aromatic rings. The van der Waals surface area contributed by atoms with E-state index in [4.69, 9.17) is 16.3 Å². The number of hydrogen-bond acceptors (Lipinski definition) is 4. The second-order valence-corrected chi connectivity index (χ2v) is 6.59. The average molecular weight is 396 g/mol. The highest BCUT2D eigenvalue weighted by molar-refractivity contribution is 7.17. The normalized spacial score (nSPS) is 10.5. The first kappa shape index (κ1) is 18.1. The molecule has 0 fully saturated rings. The maximum absolute atomic E-state index is 13.2. The van der Waals surface area contributed by atoms with Gasteiger partial charge in [0, 0.05) is 36.0 Å². The van der Waals surface area contributed by atoms with E-state index in [-0.39, 0.29) is 15.9 Å². The molecule has 0 spiro atoms. The van der Waals surface area contributed by atoms with Gasteiger partial charge in [-0.3, -0.25) is 10.2 Å². The van der Waals surface area contributed by atoms with Crippen molar-refractivity contribution in [3.05, 3.63) is 65.3 Å². The first-order chi connectivity index (χ1) is 12.4. The van der Waals surface area contributed by atoms with Gasteiger partial charge >= 0.3 is 6.03 Å². The number of nitrogens with one attached hydrogen (secondary N) is 1. The summed E-state index contributed by atoms with van der Waals surface area (Å²) in [5.74, 6) is -1.50. The van der Waals surface area contributed by atoms with Crippen LogP contribution >= 0.6 is 22.9 Å². The Morgan fingerprint density at radius 2 is 1.96 bits per heavy atom. The monoisotopic (exact) mass is 395 g/mol. The summed E-state index contributed by atoms with van der Waals surface area (Å²) in [5.41, 5.74) is 0.610. The van der Waals surface area contributed by atoms with Gasteiger partial charge in [0.05, 0.1) is 6.20 Å². The lowest BCUT2D eigenvalue weighted by Crippen LogP contribution is -2.31. The van der Waals surface area contributed by atoms with Crippen molar-refractivity contribution in [3.63, 3.8) is 0 Å². The standard InChI is InChI=1S/C17H12ClF2N3O2S/c1-23(13-4-2-3-10(18)5-13)17(24)22-16-21-9-15(26-16)25-14-7-11(19)6-12(20)8-14/h2-9H,1H3,(H,21,22,24). The van der Waals surface area contributed by atoms with Crippen LogP contribution in [0.2, 0.25) is 5.02 Å². The highest BCUT2D eigenvalue weighted by Gasteiger charge is 2.14. The fourth-order valence-corrected chi connectivity index (χ4v) is 2.91. The molecule has 5 nitrogen and oxygen atoms in total. The number of carbonyl (C=O) groups excluding carboxylic acids is 1. The van der Waals surface area contributed by atoms with Crippen LogP contribution in [-0.4, -0.2) is 18.1 Å². The van der Waals surface area contributed by atoms with E-state index in [9.17, 15) is 13.6 Å². The molecule has 0 atom stereocenters. The Morgan fingerprint density at radius 1 is 1.23 bits per heavy atom. The van der Waals surface area contributed by atoms with Crippen molar-refractivity contribution in [2.75, 3.05) is 17.3 Å². The van der Waals surface area contributed by atoms with Crippen LogP contribution in [0.3, 0.4) is 0 Å². The second kappa shape index (κ2) is 7.67. The van der Waals surface area contributed by atoms with Crippen LogP contribution in [0.25, 0.3) is 0 Å². The number of anilines is 2. The van der Waals surface area contributed by atoms with Gasteiger partial charge < -0.3 is 4.74 Å². The molecule has 9 heteroatoms. The number of nitrogens with zero attached hydrogens (tertiary/aromatic N) is 2. The third-order valence-corrected chi connectivity index (χ3v) is 4.28. The molecule has 1 aromatic heterocycles. The molecule has 0 saturated heterocycles. The zero-order valence-corrected chi connectivity index (χ0v) is 14.9. The van der Waals surface area contributed by atoms with E-state index >= 15 is 0 Å². The van der Waals surface area contributed by atoms with Crippen molar-refractivity contribution >= 4 is 39.8 Å². The molecule has 2 amide bonds. The maximum Gasteiger partial charge on any atom is 0.327 e. The molecule has 1 N–H and O–H groups in total. The van der Waals surface area contributed by atoms with Crippen LogP contribution in [0.15, 0.2) is 48.7 Å². The van der Waals surface area contributed by atoms with E-state index in [1.54, 1.807) is 31.3 Å². The summed E-state index contributed by atoms with van der Waals surface area (Å²) >= 11 is 6.94. The number of halogens is 3. The quantitative estimate of drug-likeness (QED) is 0.631. The van der Waals surface area contributed by atoms with Gasteiger partial charge in [-0.05, 0) is 18.2 Å². The Hall–Kier alpha value is -2.71. The largest absolute Gasteiger partial charge is 0.445 e. The summed E-state index contributed by atoms with van der Waals surface area (Å²) in [6.45, 7) is 0. The zero-order valence-electron chi connectivity index (χ0n) is 13.4. The van der Waals surface area contributed by atoms with E-state index in [1.807, 2.05) is 0 Å². The highest BCUT2D eigenvalue weighted by atomic mass is 35.5.